The highest BCUT2D eigenvalue weighted by atomic mass is 79.9. The number of para-hydroxylation sites is 1. The molecule has 0 heterocycles. The highest BCUT2D eigenvalue weighted by Crippen LogP contribution is 2.34. The molecule has 0 unspecified atom stereocenters. The van der Waals surface area contributed by atoms with Crippen molar-refractivity contribution in [1.82, 2.24) is 0 Å². The highest BCUT2D eigenvalue weighted by molar-refractivity contribution is 9.10. The van der Waals surface area contributed by atoms with Gasteiger partial charge >= 0.3 is 5.97 Å². The van der Waals surface area contributed by atoms with Crippen LogP contribution < -0.4 is 10.2 Å². The molecule has 0 aromatic heterocycles. The van der Waals surface area contributed by atoms with Crippen LogP contribution in [-0.2, 0) is 0 Å². The van der Waals surface area contributed by atoms with Crippen LogP contribution in [0.4, 0.5) is 5.69 Å². The van der Waals surface area contributed by atoms with Gasteiger partial charge in [-0.15, -0.1) is 0 Å². The van der Waals surface area contributed by atoms with Gasteiger partial charge in [0.1, 0.15) is 0 Å². The van der Waals surface area contributed by atoms with Crippen molar-refractivity contribution in [3.8, 4) is 11.5 Å². The van der Waals surface area contributed by atoms with Crippen molar-refractivity contribution < 1.29 is 19.7 Å². The maximum absolute atomic E-state index is 11.1. The number of carboxylic acid groups (broad SMARTS) is 1. The average Bonchev–Trinajstić information content (AvgIpc) is 2.51. The predicted octanol–water partition coefficient (Wildman–Crippen LogP) is 3.31. The van der Waals surface area contributed by atoms with Crippen molar-refractivity contribution in [2.45, 2.75) is 0 Å². The molecule has 0 fully saturated rings. The van der Waals surface area contributed by atoms with Crippen molar-refractivity contribution in [1.29, 1.82) is 0 Å². The molecule has 0 spiro atoms. The number of methoxy groups -OCH3 is 1. The molecule has 22 heavy (non-hydrogen) atoms. The number of carboxylic acids is 1. The Morgan fingerprint density at radius 1 is 1.36 bits per heavy atom. The van der Waals surface area contributed by atoms with Gasteiger partial charge in [0.05, 0.1) is 29.0 Å². The number of halogens is 1. The zero-order chi connectivity index (χ0) is 16.1. The summed E-state index contributed by atoms with van der Waals surface area (Å²) in [5.41, 5.74) is 3.87. The molecule has 0 radical (unpaired) electrons. The molecule has 114 valence electrons. The van der Waals surface area contributed by atoms with Crippen LogP contribution in [0.1, 0.15) is 15.9 Å². The van der Waals surface area contributed by atoms with Crippen molar-refractivity contribution in [2.24, 2.45) is 5.10 Å². The monoisotopic (exact) mass is 364 g/mol. The second-order valence-electron chi connectivity index (χ2n) is 4.27. The van der Waals surface area contributed by atoms with E-state index < -0.39 is 5.97 Å². The number of hydrogen-bond donors (Lipinski definition) is 3. The fourth-order valence-electron chi connectivity index (χ4n) is 1.77. The van der Waals surface area contributed by atoms with Crippen LogP contribution in [0, 0.1) is 0 Å². The van der Waals surface area contributed by atoms with Crippen molar-refractivity contribution >= 4 is 33.8 Å². The Morgan fingerprint density at radius 2 is 2.09 bits per heavy atom. The van der Waals surface area contributed by atoms with E-state index in [0.717, 1.165) is 0 Å². The summed E-state index contributed by atoms with van der Waals surface area (Å²) in [5, 5.41) is 22.8. The zero-order valence-corrected chi connectivity index (χ0v) is 13.2. The van der Waals surface area contributed by atoms with Gasteiger partial charge in [-0.25, -0.2) is 4.79 Å². The molecule has 0 aliphatic rings. The number of benzene rings is 2. The maximum atomic E-state index is 11.1. The SMILES string of the molecule is COc1cc(/C=N/Nc2ccccc2C(=O)O)cc(Br)c1O. The van der Waals surface area contributed by atoms with Gasteiger partial charge in [0, 0.05) is 0 Å². The molecule has 7 heteroatoms. The Morgan fingerprint density at radius 3 is 2.77 bits per heavy atom. The van der Waals surface area contributed by atoms with Gasteiger partial charge in [-0.2, -0.15) is 5.10 Å². The van der Waals surface area contributed by atoms with Gasteiger partial charge in [-0.1, -0.05) is 12.1 Å². The van der Waals surface area contributed by atoms with E-state index in [1.807, 2.05) is 0 Å². The molecule has 2 rings (SSSR count). The van der Waals surface area contributed by atoms with Gasteiger partial charge in [-0.05, 0) is 45.8 Å². The topological polar surface area (TPSA) is 91.2 Å². The summed E-state index contributed by atoms with van der Waals surface area (Å²) >= 11 is 3.22. The van der Waals surface area contributed by atoms with Gasteiger partial charge < -0.3 is 14.9 Å². The molecule has 0 amide bonds. The molecule has 2 aromatic carbocycles. The summed E-state index contributed by atoms with van der Waals surface area (Å²) < 4.78 is 5.51. The minimum Gasteiger partial charge on any atom is -0.503 e. The zero-order valence-electron chi connectivity index (χ0n) is 11.6. The van der Waals surface area contributed by atoms with Crippen molar-refractivity contribution in [3.63, 3.8) is 0 Å². The normalized spacial score (nSPS) is 10.6. The van der Waals surface area contributed by atoms with E-state index >= 15 is 0 Å². The lowest BCUT2D eigenvalue weighted by Crippen LogP contribution is -2.02. The minimum absolute atomic E-state index is 0.00355. The first-order valence-corrected chi connectivity index (χ1v) is 7.00. The van der Waals surface area contributed by atoms with Crippen LogP contribution in [0.3, 0.4) is 0 Å². The molecular formula is C15H13BrN2O4. The number of aromatic carboxylic acids is 1. The van der Waals surface area contributed by atoms with Crippen LogP contribution in [0.15, 0.2) is 46.0 Å². The molecule has 2 aromatic rings. The van der Waals surface area contributed by atoms with Crippen LogP contribution in [0.25, 0.3) is 0 Å². The summed E-state index contributed by atoms with van der Waals surface area (Å²) in [6, 6.07) is 9.72. The third kappa shape index (κ3) is 3.56. The van der Waals surface area contributed by atoms with Gasteiger partial charge in [0.25, 0.3) is 0 Å². The summed E-state index contributed by atoms with van der Waals surface area (Å²) in [7, 11) is 1.45. The summed E-state index contributed by atoms with van der Waals surface area (Å²) in [5.74, 6) is -0.724. The molecule has 3 N–H and O–H groups in total. The third-order valence-corrected chi connectivity index (χ3v) is 3.43. The lowest BCUT2D eigenvalue weighted by Gasteiger charge is -2.07. The van der Waals surface area contributed by atoms with Crippen LogP contribution in [0.2, 0.25) is 0 Å². The van der Waals surface area contributed by atoms with Crippen molar-refractivity contribution in [3.05, 3.63) is 52.0 Å². The lowest BCUT2D eigenvalue weighted by molar-refractivity contribution is 0.0698. The Hall–Kier alpha value is -2.54. The van der Waals surface area contributed by atoms with E-state index in [9.17, 15) is 9.90 Å². The number of rotatable bonds is 5. The number of phenolic OH excluding ortho intramolecular Hbond substituents is 1. The lowest BCUT2D eigenvalue weighted by atomic mass is 10.2. The second kappa shape index (κ2) is 6.95. The van der Waals surface area contributed by atoms with E-state index in [1.165, 1.54) is 19.4 Å². The molecule has 0 saturated carbocycles. The van der Waals surface area contributed by atoms with Gasteiger partial charge in [-0.3, -0.25) is 5.43 Å². The molecule has 0 aliphatic carbocycles. The number of hydrogen-bond acceptors (Lipinski definition) is 5. The van der Waals surface area contributed by atoms with Gasteiger partial charge in [0.2, 0.25) is 0 Å². The summed E-state index contributed by atoms with van der Waals surface area (Å²) in [4.78, 5) is 11.1. The smallest absolute Gasteiger partial charge is 0.337 e. The minimum atomic E-state index is -1.03. The van der Waals surface area contributed by atoms with Crippen LogP contribution in [-0.4, -0.2) is 29.5 Å². The number of phenols is 1. The second-order valence-corrected chi connectivity index (χ2v) is 5.13. The fourth-order valence-corrected chi connectivity index (χ4v) is 2.23. The van der Waals surface area contributed by atoms with E-state index in [-0.39, 0.29) is 11.3 Å². The van der Waals surface area contributed by atoms with E-state index in [4.69, 9.17) is 9.84 Å². The predicted molar refractivity (Wildman–Crippen MR) is 87.0 cm³/mol. The molecule has 0 atom stereocenters. The van der Waals surface area contributed by atoms with E-state index in [2.05, 4.69) is 26.5 Å². The number of nitrogens with zero attached hydrogens (tertiary/aromatic N) is 1. The Balaban J connectivity index is 2.20. The number of nitrogens with one attached hydrogen (secondary N) is 1. The highest BCUT2D eigenvalue weighted by Gasteiger charge is 2.09. The first-order valence-electron chi connectivity index (χ1n) is 6.21. The summed E-state index contributed by atoms with van der Waals surface area (Å²) in [6.45, 7) is 0. The number of anilines is 1. The summed E-state index contributed by atoms with van der Waals surface area (Å²) in [6.07, 6.45) is 1.49. The quantitative estimate of drug-likeness (QED) is 0.559. The van der Waals surface area contributed by atoms with Crippen LogP contribution in [0.5, 0.6) is 11.5 Å². The molecule has 6 nitrogen and oxygen atoms in total. The maximum Gasteiger partial charge on any atom is 0.337 e. The molecule has 0 saturated heterocycles. The number of carbonyl (C=O) groups is 1. The molecular weight excluding hydrogens is 352 g/mol. The number of ether oxygens (including phenoxy) is 1. The fraction of sp³-hybridized carbons (Fsp3) is 0.0667. The Kier molecular flexibility index (Phi) is 5.00. The first-order chi connectivity index (χ1) is 10.5. The van der Waals surface area contributed by atoms with E-state index in [0.29, 0.717) is 21.5 Å². The Bertz CT molecular complexity index is 731. The molecule has 0 aliphatic heterocycles. The van der Waals surface area contributed by atoms with E-state index in [1.54, 1.807) is 30.3 Å². The first kappa shape index (κ1) is 15.8. The van der Waals surface area contributed by atoms with Crippen LogP contribution >= 0.6 is 15.9 Å². The standard InChI is InChI=1S/C15H13BrN2O4/c1-22-13-7-9(6-11(16)14(13)19)8-17-18-12-5-3-2-4-10(12)15(20)21/h2-8,18-19H,1H3,(H,20,21)/b17-8+. The van der Waals surface area contributed by atoms with Gasteiger partial charge in [0.15, 0.2) is 11.5 Å². The number of aromatic hydroxyl groups is 1. The average molecular weight is 365 g/mol. The van der Waals surface area contributed by atoms with Crippen molar-refractivity contribution in [2.75, 3.05) is 12.5 Å². The Labute approximate surface area is 135 Å². The largest absolute Gasteiger partial charge is 0.503 e. The molecule has 0 bridgehead atoms. The number of hydrazone groups is 1. The third-order valence-electron chi connectivity index (χ3n) is 2.83.